The Balaban J connectivity index is 2.09. The molecule has 3 aromatic rings. The van der Waals surface area contributed by atoms with Gasteiger partial charge in [-0.3, -0.25) is 0 Å². The third-order valence-corrected chi connectivity index (χ3v) is 5.46. The van der Waals surface area contributed by atoms with Gasteiger partial charge < -0.3 is 4.57 Å². The van der Waals surface area contributed by atoms with Crippen molar-refractivity contribution in [1.82, 2.24) is 9.55 Å². The van der Waals surface area contributed by atoms with Crippen LogP contribution in [0, 0.1) is 13.8 Å². The molecule has 0 saturated carbocycles. The molecule has 110 valence electrons. The molecule has 0 atom stereocenters. The fourth-order valence-electron chi connectivity index (χ4n) is 2.48. The minimum absolute atomic E-state index is 0.590. The van der Waals surface area contributed by atoms with Crippen LogP contribution in [0.1, 0.15) is 21.1 Å². The first kappa shape index (κ1) is 15.1. The molecule has 0 aliphatic heterocycles. The third kappa shape index (κ3) is 3.03. The standard InChI is InChI=1S/C16H16BrClN2S/c1-10-7-13(21-11(10)2)9-20-15-8-12(17)3-4-14(15)19-16(20)5-6-18/h3-4,7-8H,5-6,9H2,1-2H3. The smallest absolute Gasteiger partial charge is 0.111 e. The number of imidazole rings is 1. The van der Waals surface area contributed by atoms with E-state index in [9.17, 15) is 0 Å². The molecule has 0 fully saturated rings. The van der Waals surface area contributed by atoms with Crippen LogP contribution in [0.3, 0.4) is 0 Å². The minimum Gasteiger partial charge on any atom is -0.323 e. The molecule has 0 radical (unpaired) electrons. The summed E-state index contributed by atoms with van der Waals surface area (Å²) in [7, 11) is 0. The first-order chi connectivity index (χ1) is 10.1. The van der Waals surface area contributed by atoms with Gasteiger partial charge in [0.15, 0.2) is 0 Å². The van der Waals surface area contributed by atoms with Gasteiger partial charge in [0.25, 0.3) is 0 Å². The summed E-state index contributed by atoms with van der Waals surface area (Å²) >= 11 is 11.3. The van der Waals surface area contributed by atoms with Crippen LogP contribution in [0.4, 0.5) is 0 Å². The van der Waals surface area contributed by atoms with Crippen LogP contribution in [0.5, 0.6) is 0 Å². The quantitative estimate of drug-likeness (QED) is 0.558. The van der Waals surface area contributed by atoms with Crippen LogP contribution in [-0.4, -0.2) is 15.4 Å². The number of fused-ring (bicyclic) bond motifs is 1. The Bertz CT molecular complexity index is 772. The molecule has 0 amide bonds. The molecule has 5 heteroatoms. The number of hydrogen-bond acceptors (Lipinski definition) is 2. The molecule has 2 nitrogen and oxygen atoms in total. The third-order valence-electron chi connectivity index (χ3n) is 3.64. The van der Waals surface area contributed by atoms with Crippen molar-refractivity contribution >= 4 is 49.9 Å². The predicted octanol–water partition coefficient (Wildman–Crippen LogP) is 5.31. The zero-order valence-corrected chi connectivity index (χ0v) is 15.1. The van der Waals surface area contributed by atoms with Gasteiger partial charge in [0.1, 0.15) is 5.82 Å². The lowest BCUT2D eigenvalue weighted by atomic mass is 10.2. The molecular weight excluding hydrogens is 368 g/mol. The van der Waals surface area contributed by atoms with E-state index in [0.29, 0.717) is 5.88 Å². The van der Waals surface area contributed by atoms with Gasteiger partial charge in [-0.05, 0) is 43.7 Å². The van der Waals surface area contributed by atoms with Gasteiger partial charge in [0, 0.05) is 26.5 Å². The van der Waals surface area contributed by atoms with Crippen molar-refractivity contribution in [1.29, 1.82) is 0 Å². The van der Waals surface area contributed by atoms with Crippen molar-refractivity contribution < 1.29 is 0 Å². The number of nitrogens with zero attached hydrogens (tertiary/aromatic N) is 2. The summed E-state index contributed by atoms with van der Waals surface area (Å²) in [5.74, 6) is 1.65. The van der Waals surface area contributed by atoms with E-state index in [2.05, 4.69) is 52.5 Å². The first-order valence-corrected chi connectivity index (χ1v) is 8.99. The zero-order valence-electron chi connectivity index (χ0n) is 12.0. The maximum absolute atomic E-state index is 5.94. The number of aryl methyl sites for hydroxylation is 3. The van der Waals surface area contributed by atoms with Gasteiger partial charge in [0.2, 0.25) is 0 Å². The molecule has 0 N–H and O–H groups in total. The van der Waals surface area contributed by atoms with Crippen molar-refractivity contribution in [2.24, 2.45) is 0 Å². The Morgan fingerprint density at radius 1 is 1.29 bits per heavy atom. The average molecular weight is 384 g/mol. The van der Waals surface area contributed by atoms with Crippen molar-refractivity contribution in [2.45, 2.75) is 26.8 Å². The molecule has 21 heavy (non-hydrogen) atoms. The molecule has 0 spiro atoms. The van der Waals surface area contributed by atoms with Crippen LogP contribution in [-0.2, 0) is 13.0 Å². The predicted molar refractivity (Wildman–Crippen MR) is 94.8 cm³/mol. The average Bonchev–Trinajstić information content (AvgIpc) is 2.93. The summed E-state index contributed by atoms with van der Waals surface area (Å²) in [6, 6.07) is 8.49. The number of benzene rings is 1. The van der Waals surface area contributed by atoms with Crippen molar-refractivity contribution in [3.05, 3.63) is 49.9 Å². The van der Waals surface area contributed by atoms with Crippen LogP contribution in [0.2, 0.25) is 0 Å². The Morgan fingerprint density at radius 2 is 2.10 bits per heavy atom. The SMILES string of the molecule is Cc1cc(Cn2c(CCCl)nc3ccc(Br)cc32)sc1C. The highest BCUT2D eigenvalue weighted by atomic mass is 79.9. The Hall–Kier alpha value is -0.840. The van der Waals surface area contributed by atoms with E-state index >= 15 is 0 Å². The van der Waals surface area contributed by atoms with E-state index in [4.69, 9.17) is 16.6 Å². The summed E-state index contributed by atoms with van der Waals surface area (Å²) in [4.78, 5) is 7.48. The number of aromatic nitrogens is 2. The fourth-order valence-corrected chi connectivity index (χ4v) is 4.04. The molecule has 1 aromatic carbocycles. The van der Waals surface area contributed by atoms with Crippen molar-refractivity contribution in [2.75, 3.05) is 5.88 Å². The Morgan fingerprint density at radius 3 is 2.76 bits per heavy atom. The highest BCUT2D eigenvalue weighted by molar-refractivity contribution is 9.10. The maximum atomic E-state index is 5.94. The number of halogens is 2. The van der Waals surface area contributed by atoms with Crippen LogP contribution in [0.15, 0.2) is 28.7 Å². The topological polar surface area (TPSA) is 17.8 Å². The summed E-state index contributed by atoms with van der Waals surface area (Å²) < 4.78 is 3.36. The summed E-state index contributed by atoms with van der Waals surface area (Å²) in [6.45, 7) is 5.20. The van der Waals surface area contributed by atoms with E-state index in [1.807, 2.05) is 17.4 Å². The monoisotopic (exact) mass is 382 g/mol. The molecule has 0 aliphatic carbocycles. The summed E-state index contributed by atoms with van der Waals surface area (Å²) in [5, 5.41) is 0. The van der Waals surface area contributed by atoms with Gasteiger partial charge in [-0.2, -0.15) is 0 Å². The molecule has 0 aliphatic rings. The maximum Gasteiger partial charge on any atom is 0.111 e. The number of alkyl halides is 1. The molecule has 2 aromatic heterocycles. The lowest BCUT2D eigenvalue weighted by molar-refractivity contribution is 0.763. The Kier molecular flexibility index (Phi) is 4.38. The van der Waals surface area contributed by atoms with E-state index in [1.165, 1.54) is 15.3 Å². The largest absolute Gasteiger partial charge is 0.323 e. The summed E-state index contributed by atoms with van der Waals surface area (Å²) in [6.07, 6.45) is 0.789. The number of thiophene rings is 1. The molecule has 2 heterocycles. The van der Waals surface area contributed by atoms with Gasteiger partial charge in [-0.15, -0.1) is 22.9 Å². The fraction of sp³-hybridized carbons (Fsp3) is 0.312. The molecule has 0 unspecified atom stereocenters. The highest BCUT2D eigenvalue weighted by Crippen LogP contribution is 2.26. The highest BCUT2D eigenvalue weighted by Gasteiger charge is 2.12. The van der Waals surface area contributed by atoms with E-state index in [1.54, 1.807) is 0 Å². The molecular formula is C16H16BrClN2S. The summed E-state index contributed by atoms with van der Waals surface area (Å²) in [5.41, 5.74) is 3.55. The van der Waals surface area contributed by atoms with Gasteiger partial charge in [-0.1, -0.05) is 15.9 Å². The molecule has 3 rings (SSSR count). The van der Waals surface area contributed by atoms with Crippen molar-refractivity contribution in [3.8, 4) is 0 Å². The Labute approximate surface area is 141 Å². The zero-order chi connectivity index (χ0) is 15.0. The van der Waals surface area contributed by atoms with Gasteiger partial charge in [-0.25, -0.2) is 4.98 Å². The van der Waals surface area contributed by atoms with Crippen LogP contribution >= 0.6 is 38.9 Å². The van der Waals surface area contributed by atoms with Crippen molar-refractivity contribution in [3.63, 3.8) is 0 Å². The van der Waals surface area contributed by atoms with Gasteiger partial charge in [0.05, 0.1) is 17.6 Å². The lowest BCUT2D eigenvalue weighted by Crippen LogP contribution is -2.05. The first-order valence-electron chi connectivity index (χ1n) is 6.85. The number of hydrogen-bond donors (Lipinski definition) is 0. The normalized spacial score (nSPS) is 11.4. The van der Waals surface area contributed by atoms with Gasteiger partial charge >= 0.3 is 0 Å². The van der Waals surface area contributed by atoms with E-state index < -0.39 is 0 Å². The lowest BCUT2D eigenvalue weighted by Gasteiger charge is -2.07. The minimum atomic E-state index is 0.590. The second-order valence-electron chi connectivity index (χ2n) is 5.14. The van der Waals surface area contributed by atoms with E-state index in [0.717, 1.165) is 34.3 Å². The van der Waals surface area contributed by atoms with E-state index in [-0.39, 0.29) is 0 Å². The van der Waals surface area contributed by atoms with Crippen LogP contribution < -0.4 is 0 Å². The number of rotatable bonds is 4. The molecule has 0 saturated heterocycles. The second kappa shape index (κ2) is 6.11. The molecule has 0 bridgehead atoms. The van der Waals surface area contributed by atoms with Crippen LogP contribution in [0.25, 0.3) is 11.0 Å². The second-order valence-corrected chi connectivity index (χ2v) is 7.77.